The average molecular weight is 762 g/mol. The first-order chi connectivity index (χ1) is 28.9. The SMILES string of the molecule is CC(C)c1cc2[nH]c3c(-c4nc5c(-c6ccc7c8cc(-c9ccccc9)ccc8n(-c8ccccn8)c7c6)cccc5n4-c4ccccc4)cccc3c2cc1C(C)C. The van der Waals surface area contributed by atoms with E-state index in [9.17, 15) is 0 Å². The number of rotatable bonds is 7. The summed E-state index contributed by atoms with van der Waals surface area (Å²) >= 11 is 0. The van der Waals surface area contributed by atoms with E-state index < -0.39 is 0 Å². The Morgan fingerprint density at radius 3 is 1.98 bits per heavy atom. The van der Waals surface area contributed by atoms with Crippen LogP contribution in [0.3, 0.4) is 0 Å². The summed E-state index contributed by atoms with van der Waals surface area (Å²) in [6, 6.07) is 59.0. The lowest BCUT2D eigenvalue weighted by molar-refractivity contribution is 0.793. The van der Waals surface area contributed by atoms with E-state index in [-0.39, 0.29) is 0 Å². The van der Waals surface area contributed by atoms with E-state index >= 15 is 0 Å². The number of hydrogen-bond donors (Lipinski definition) is 1. The van der Waals surface area contributed by atoms with E-state index in [1.165, 1.54) is 43.8 Å². The van der Waals surface area contributed by atoms with Crippen molar-refractivity contribution in [2.75, 3.05) is 0 Å². The maximum atomic E-state index is 5.62. The number of benzene rings is 7. The lowest BCUT2D eigenvalue weighted by Gasteiger charge is -2.16. The molecule has 284 valence electrons. The molecule has 0 unspecified atom stereocenters. The van der Waals surface area contributed by atoms with Crippen molar-refractivity contribution in [2.45, 2.75) is 39.5 Å². The summed E-state index contributed by atoms with van der Waals surface area (Å²) in [7, 11) is 0. The molecule has 59 heavy (non-hydrogen) atoms. The van der Waals surface area contributed by atoms with Crippen molar-refractivity contribution in [1.29, 1.82) is 0 Å². The van der Waals surface area contributed by atoms with Crippen molar-refractivity contribution in [2.24, 2.45) is 0 Å². The number of nitrogens with zero attached hydrogens (tertiary/aromatic N) is 4. The van der Waals surface area contributed by atoms with Gasteiger partial charge in [0.25, 0.3) is 0 Å². The van der Waals surface area contributed by atoms with Gasteiger partial charge in [0.2, 0.25) is 0 Å². The number of imidazole rings is 1. The smallest absolute Gasteiger partial charge is 0.147 e. The van der Waals surface area contributed by atoms with Crippen molar-refractivity contribution in [3.8, 4) is 45.1 Å². The molecule has 0 aliphatic rings. The van der Waals surface area contributed by atoms with Crippen LogP contribution in [0.25, 0.3) is 99.8 Å². The van der Waals surface area contributed by atoms with Gasteiger partial charge in [0.15, 0.2) is 0 Å². The lowest BCUT2D eigenvalue weighted by Crippen LogP contribution is -1.98. The second kappa shape index (κ2) is 13.7. The van der Waals surface area contributed by atoms with E-state index in [4.69, 9.17) is 9.97 Å². The van der Waals surface area contributed by atoms with E-state index in [1.54, 1.807) is 0 Å². The molecule has 0 amide bonds. The first kappa shape index (κ1) is 35.0. The van der Waals surface area contributed by atoms with Gasteiger partial charge in [-0.15, -0.1) is 0 Å². The van der Waals surface area contributed by atoms with Crippen LogP contribution in [0, 0.1) is 0 Å². The Morgan fingerprint density at radius 2 is 1.20 bits per heavy atom. The summed E-state index contributed by atoms with van der Waals surface area (Å²) in [6.45, 7) is 9.17. The second-order valence-corrected chi connectivity index (χ2v) is 16.3. The fourth-order valence-corrected chi connectivity index (χ4v) is 9.27. The van der Waals surface area contributed by atoms with E-state index in [1.807, 2.05) is 12.3 Å². The normalized spacial score (nSPS) is 12.0. The standard InChI is InChI=1S/C54H43N5/c1-33(2)43-31-45-41-20-13-21-42(52(41)56-47(45)32-44(43)34(3)4)54-57-53-39(19-14-22-49(53)58(54)38-17-9-6-10-18-38)37-24-26-40-46-29-36(35-15-7-5-8-16-35)25-27-48(46)59(50(40)30-37)51-23-11-12-28-55-51/h5-34,56H,1-4H3. The second-order valence-electron chi connectivity index (χ2n) is 16.3. The summed E-state index contributed by atoms with van der Waals surface area (Å²) in [5.41, 5.74) is 16.0. The molecule has 0 saturated carbocycles. The predicted molar refractivity (Wildman–Crippen MR) is 247 cm³/mol. The highest BCUT2D eigenvalue weighted by atomic mass is 15.1. The van der Waals surface area contributed by atoms with Crippen LogP contribution in [0.5, 0.6) is 0 Å². The quantitative estimate of drug-likeness (QED) is 0.176. The Kier molecular flexibility index (Phi) is 8.12. The number of aromatic nitrogens is 5. The fraction of sp³-hybridized carbons (Fsp3) is 0.111. The molecular formula is C54H43N5. The van der Waals surface area contributed by atoms with Crippen LogP contribution in [0.1, 0.15) is 50.7 Å². The number of aromatic amines is 1. The first-order valence-electron chi connectivity index (χ1n) is 20.6. The van der Waals surface area contributed by atoms with Gasteiger partial charge >= 0.3 is 0 Å². The minimum atomic E-state index is 0.430. The van der Waals surface area contributed by atoms with Crippen LogP contribution < -0.4 is 0 Å². The molecule has 7 aromatic carbocycles. The van der Waals surface area contributed by atoms with Gasteiger partial charge in [-0.25, -0.2) is 9.97 Å². The molecule has 11 rings (SSSR count). The number of H-pyrrole nitrogens is 1. The first-order valence-corrected chi connectivity index (χ1v) is 20.6. The minimum Gasteiger partial charge on any atom is -0.354 e. The third kappa shape index (κ3) is 5.60. The molecule has 4 heterocycles. The molecule has 4 aromatic heterocycles. The number of hydrogen-bond acceptors (Lipinski definition) is 2. The molecule has 0 saturated heterocycles. The molecule has 0 fully saturated rings. The summed E-state index contributed by atoms with van der Waals surface area (Å²) in [5.74, 6) is 2.65. The topological polar surface area (TPSA) is 51.4 Å². The van der Waals surface area contributed by atoms with Crippen LogP contribution >= 0.6 is 0 Å². The Labute approximate surface area is 343 Å². The van der Waals surface area contributed by atoms with Gasteiger partial charge in [0, 0.05) is 50.1 Å². The fourth-order valence-electron chi connectivity index (χ4n) is 9.27. The largest absolute Gasteiger partial charge is 0.354 e. The third-order valence-corrected chi connectivity index (χ3v) is 12.1. The molecule has 5 nitrogen and oxygen atoms in total. The van der Waals surface area contributed by atoms with Gasteiger partial charge in [0.1, 0.15) is 11.6 Å². The third-order valence-electron chi connectivity index (χ3n) is 12.1. The number of fused-ring (bicyclic) bond motifs is 7. The zero-order valence-corrected chi connectivity index (χ0v) is 33.6. The van der Waals surface area contributed by atoms with Crippen LogP contribution in [0.2, 0.25) is 0 Å². The van der Waals surface area contributed by atoms with E-state index in [0.29, 0.717) is 11.8 Å². The van der Waals surface area contributed by atoms with Crippen molar-refractivity contribution in [3.63, 3.8) is 0 Å². The van der Waals surface area contributed by atoms with Crippen LogP contribution in [-0.2, 0) is 0 Å². The summed E-state index contributed by atoms with van der Waals surface area (Å²) < 4.78 is 4.62. The van der Waals surface area contributed by atoms with Gasteiger partial charge < -0.3 is 4.98 Å². The molecular weight excluding hydrogens is 719 g/mol. The summed E-state index contributed by atoms with van der Waals surface area (Å²) in [5, 5.41) is 4.84. The van der Waals surface area contributed by atoms with E-state index in [0.717, 1.165) is 67.1 Å². The monoisotopic (exact) mass is 761 g/mol. The Morgan fingerprint density at radius 1 is 0.475 bits per heavy atom. The van der Waals surface area contributed by atoms with Crippen molar-refractivity contribution < 1.29 is 0 Å². The Bertz CT molecular complexity index is 3370. The van der Waals surface area contributed by atoms with Crippen molar-refractivity contribution in [1.82, 2.24) is 24.1 Å². The molecule has 0 bridgehead atoms. The molecule has 1 N–H and O–H groups in total. The highest BCUT2D eigenvalue weighted by molar-refractivity contribution is 6.14. The van der Waals surface area contributed by atoms with Gasteiger partial charge in [-0.3, -0.25) is 9.13 Å². The zero-order chi connectivity index (χ0) is 39.8. The molecule has 0 atom stereocenters. The highest BCUT2D eigenvalue weighted by Crippen LogP contribution is 2.42. The van der Waals surface area contributed by atoms with Crippen molar-refractivity contribution in [3.05, 3.63) is 181 Å². The van der Waals surface area contributed by atoms with Gasteiger partial charge in [-0.05, 0) is 106 Å². The van der Waals surface area contributed by atoms with Crippen molar-refractivity contribution >= 4 is 54.6 Å². The van der Waals surface area contributed by atoms with Gasteiger partial charge in [-0.1, -0.05) is 125 Å². The molecule has 0 aliphatic heterocycles. The number of pyridine rings is 1. The Hall–Kier alpha value is -7.24. The number of para-hydroxylation sites is 3. The predicted octanol–water partition coefficient (Wildman–Crippen LogP) is 14.4. The maximum absolute atomic E-state index is 5.62. The van der Waals surface area contributed by atoms with Gasteiger partial charge in [-0.2, -0.15) is 0 Å². The Balaban J connectivity index is 1.15. The van der Waals surface area contributed by atoms with E-state index in [2.05, 4.69) is 200 Å². The zero-order valence-electron chi connectivity index (χ0n) is 33.6. The summed E-state index contributed by atoms with van der Waals surface area (Å²) in [6.07, 6.45) is 1.87. The van der Waals surface area contributed by atoms with Gasteiger partial charge in [0.05, 0.1) is 27.6 Å². The summed E-state index contributed by atoms with van der Waals surface area (Å²) in [4.78, 5) is 14.4. The molecule has 0 spiro atoms. The lowest BCUT2D eigenvalue weighted by atomic mass is 9.89. The molecule has 0 radical (unpaired) electrons. The van der Waals surface area contributed by atoms with Crippen LogP contribution in [-0.4, -0.2) is 24.1 Å². The number of nitrogens with one attached hydrogen (secondary N) is 1. The van der Waals surface area contributed by atoms with Crippen LogP contribution in [0.4, 0.5) is 0 Å². The minimum absolute atomic E-state index is 0.430. The highest BCUT2D eigenvalue weighted by Gasteiger charge is 2.23. The van der Waals surface area contributed by atoms with Crippen LogP contribution in [0.15, 0.2) is 170 Å². The molecule has 5 heteroatoms. The average Bonchev–Trinajstić information content (AvgIpc) is 3.95. The maximum Gasteiger partial charge on any atom is 0.147 e. The molecule has 11 aromatic rings. The molecule has 0 aliphatic carbocycles.